The molecule has 0 unspecified atom stereocenters. The van der Waals surface area contributed by atoms with Gasteiger partial charge in [-0.05, 0) is 36.6 Å². The lowest BCUT2D eigenvalue weighted by Gasteiger charge is -2.19. The molecule has 1 aliphatic rings. The summed E-state index contributed by atoms with van der Waals surface area (Å²) in [6.45, 7) is 6.87. The summed E-state index contributed by atoms with van der Waals surface area (Å²) in [4.78, 5) is 2.45. The van der Waals surface area contributed by atoms with Crippen LogP contribution in [0.15, 0.2) is 29.2 Å². The van der Waals surface area contributed by atoms with Crippen molar-refractivity contribution in [3.8, 4) is 6.07 Å². The fourth-order valence-corrected chi connectivity index (χ4v) is 3.87. The van der Waals surface area contributed by atoms with E-state index in [2.05, 4.69) is 18.7 Å². The summed E-state index contributed by atoms with van der Waals surface area (Å²) in [5, 5.41) is 8.83. The minimum Gasteiger partial charge on any atom is -0.302 e. The molecule has 0 spiro atoms. The molecule has 0 N–H and O–H groups in total. The average Bonchev–Trinajstić information content (AvgIpc) is 2.76. The Labute approximate surface area is 120 Å². The third-order valence-corrected chi connectivity index (χ3v) is 5.45. The van der Waals surface area contributed by atoms with E-state index in [0.717, 1.165) is 19.5 Å². The molecule has 108 valence electrons. The number of nitrogens with zero attached hydrogens (tertiary/aromatic N) is 2. The lowest BCUT2D eigenvalue weighted by molar-refractivity contribution is 0.304. The molecule has 4 nitrogen and oxygen atoms in total. The van der Waals surface area contributed by atoms with E-state index in [4.69, 9.17) is 5.26 Å². The Morgan fingerprint density at radius 2 is 2.15 bits per heavy atom. The molecule has 0 aromatic heterocycles. The van der Waals surface area contributed by atoms with Gasteiger partial charge < -0.3 is 4.90 Å². The van der Waals surface area contributed by atoms with E-state index in [0.29, 0.717) is 12.1 Å². The van der Waals surface area contributed by atoms with Gasteiger partial charge >= 0.3 is 0 Å². The molecule has 1 saturated heterocycles. The fourth-order valence-electron chi connectivity index (χ4n) is 2.54. The fraction of sp³-hybridized carbons (Fsp3) is 0.533. The monoisotopic (exact) mass is 292 g/mol. The molecule has 20 heavy (non-hydrogen) atoms. The first kappa shape index (κ1) is 15.0. The molecule has 0 aliphatic carbocycles. The Kier molecular flexibility index (Phi) is 4.17. The van der Waals surface area contributed by atoms with Crippen molar-refractivity contribution in [1.82, 2.24) is 4.90 Å². The Morgan fingerprint density at radius 1 is 1.40 bits per heavy atom. The smallest absolute Gasteiger partial charge is 0.179 e. The molecule has 0 amide bonds. The number of sulfone groups is 1. The van der Waals surface area contributed by atoms with E-state index in [9.17, 15) is 8.42 Å². The van der Waals surface area contributed by atoms with E-state index in [1.807, 2.05) is 6.07 Å². The topological polar surface area (TPSA) is 61.2 Å². The highest BCUT2D eigenvalue weighted by atomic mass is 32.2. The van der Waals surface area contributed by atoms with E-state index in [-0.39, 0.29) is 16.1 Å². The minimum atomic E-state index is -3.31. The lowest BCUT2D eigenvalue weighted by Crippen LogP contribution is -2.29. The van der Waals surface area contributed by atoms with Gasteiger partial charge in [-0.25, -0.2) is 8.42 Å². The van der Waals surface area contributed by atoms with Gasteiger partial charge in [0.2, 0.25) is 0 Å². The number of rotatable bonds is 4. The maximum absolute atomic E-state index is 12.3. The molecule has 1 fully saturated rings. The Balaban J connectivity index is 2.03. The molecule has 5 heteroatoms. The van der Waals surface area contributed by atoms with E-state index in [1.165, 1.54) is 6.07 Å². The van der Waals surface area contributed by atoms with Crippen molar-refractivity contribution in [2.75, 3.05) is 25.4 Å². The summed E-state index contributed by atoms with van der Waals surface area (Å²) in [5.41, 5.74) is 0.665. The van der Waals surface area contributed by atoms with Crippen molar-refractivity contribution in [2.45, 2.75) is 25.2 Å². The van der Waals surface area contributed by atoms with Gasteiger partial charge in [-0.2, -0.15) is 5.26 Å². The number of likely N-dealkylation sites (tertiary alicyclic amines) is 1. The SMILES string of the molecule is CC1(C)CCN(CCS(=O)(=O)c2cccc(C#N)c2)C1. The zero-order chi connectivity index (χ0) is 14.8. The van der Waals surface area contributed by atoms with Crippen molar-refractivity contribution in [3.63, 3.8) is 0 Å². The van der Waals surface area contributed by atoms with Gasteiger partial charge in [-0.3, -0.25) is 0 Å². The van der Waals surface area contributed by atoms with Crippen LogP contribution >= 0.6 is 0 Å². The van der Waals surface area contributed by atoms with Crippen LogP contribution in [0.5, 0.6) is 0 Å². The van der Waals surface area contributed by atoms with Crippen molar-refractivity contribution < 1.29 is 8.42 Å². The van der Waals surface area contributed by atoms with Crippen molar-refractivity contribution >= 4 is 9.84 Å². The summed E-state index contributed by atoms with van der Waals surface area (Å²) < 4.78 is 24.6. The second kappa shape index (κ2) is 5.55. The van der Waals surface area contributed by atoms with Gasteiger partial charge in [0, 0.05) is 13.1 Å². The second-order valence-electron chi connectivity index (χ2n) is 6.15. The first-order valence-electron chi connectivity index (χ1n) is 6.78. The van der Waals surface area contributed by atoms with Gasteiger partial charge in [-0.15, -0.1) is 0 Å². The highest BCUT2D eigenvalue weighted by Gasteiger charge is 2.29. The first-order chi connectivity index (χ1) is 9.32. The van der Waals surface area contributed by atoms with Crippen LogP contribution in [0.3, 0.4) is 0 Å². The van der Waals surface area contributed by atoms with Crippen molar-refractivity contribution in [1.29, 1.82) is 5.26 Å². The summed E-state index contributed by atoms with van der Waals surface area (Å²) >= 11 is 0. The van der Waals surface area contributed by atoms with Crippen molar-refractivity contribution in [3.05, 3.63) is 29.8 Å². The van der Waals surface area contributed by atoms with Crippen LogP contribution in [0.2, 0.25) is 0 Å². The molecule has 1 heterocycles. The predicted molar refractivity (Wildman–Crippen MR) is 78.0 cm³/mol. The highest BCUT2D eigenvalue weighted by molar-refractivity contribution is 7.91. The third kappa shape index (κ3) is 3.59. The summed E-state index contributed by atoms with van der Waals surface area (Å²) in [6, 6.07) is 8.21. The highest BCUT2D eigenvalue weighted by Crippen LogP contribution is 2.28. The zero-order valence-corrected chi connectivity index (χ0v) is 12.8. The van der Waals surface area contributed by atoms with Crippen LogP contribution in [-0.4, -0.2) is 38.7 Å². The van der Waals surface area contributed by atoms with Crippen LogP contribution in [0, 0.1) is 16.7 Å². The largest absolute Gasteiger partial charge is 0.302 e. The molecule has 0 radical (unpaired) electrons. The van der Waals surface area contributed by atoms with Crippen LogP contribution in [0.25, 0.3) is 0 Å². The molecule has 1 aliphatic heterocycles. The maximum Gasteiger partial charge on any atom is 0.179 e. The lowest BCUT2D eigenvalue weighted by atomic mass is 9.93. The first-order valence-corrected chi connectivity index (χ1v) is 8.43. The molecular formula is C15H20N2O2S. The Hall–Kier alpha value is -1.38. The van der Waals surface area contributed by atoms with Crippen molar-refractivity contribution in [2.24, 2.45) is 5.41 Å². The molecule has 1 aromatic carbocycles. The number of benzene rings is 1. The van der Waals surface area contributed by atoms with E-state index < -0.39 is 9.84 Å². The average molecular weight is 292 g/mol. The molecule has 0 atom stereocenters. The maximum atomic E-state index is 12.3. The molecule has 1 aromatic rings. The Morgan fingerprint density at radius 3 is 2.75 bits per heavy atom. The van der Waals surface area contributed by atoms with Gasteiger partial charge in [-0.1, -0.05) is 19.9 Å². The number of hydrogen-bond acceptors (Lipinski definition) is 4. The van der Waals surface area contributed by atoms with Gasteiger partial charge in [0.15, 0.2) is 9.84 Å². The van der Waals surface area contributed by atoms with E-state index in [1.54, 1.807) is 18.2 Å². The van der Waals surface area contributed by atoms with Crippen LogP contribution in [0.1, 0.15) is 25.8 Å². The molecule has 2 rings (SSSR count). The predicted octanol–water partition coefficient (Wildman–Crippen LogP) is 2.06. The summed E-state index contributed by atoms with van der Waals surface area (Å²) in [6.07, 6.45) is 1.11. The van der Waals surface area contributed by atoms with E-state index >= 15 is 0 Å². The van der Waals surface area contributed by atoms with Gasteiger partial charge in [0.05, 0.1) is 22.3 Å². The standard InChI is InChI=1S/C15H20N2O2S/c1-15(2)6-7-17(12-15)8-9-20(18,19)14-5-3-4-13(10-14)11-16/h3-5,10H,6-9,12H2,1-2H3. The van der Waals surface area contributed by atoms with Crippen LogP contribution in [0.4, 0.5) is 0 Å². The molecular weight excluding hydrogens is 272 g/mol. The van der Waals surface area contributed by atoms with Gasteiger partial charge in [0.25, 0.3) is 0 Å². The minimum absolute atomic E-state index is 0.109. The second-order valence-corrected chi connectivity index (χ2v) is 8.26. The van der Waals surface area contributed by atoms with Gasteiger partial charge in [0.1, 0.15) is 0 Å². The quantitative estimate of drug-likeness (QED) is 0.852. The normalized spacial score (nSPS) is 18.9. The number of nitriles is 1. The summed E-state index contributed by atoms with van der Waals surface area (Å²) in [7, 11) is -3.31. The Bertz CT molecular complexity index is 630. The van der Waals surface area contributed by atoms with Crippen LogP contribution in [-0.2, 0) is 9.84 Å². The molecule has 0 saturated carbocycles. The number of hydrogen-bond donors (Lipinski definition) is 0. The third-order valence-electron chi connectivity index (χ3n) is 3.75. The van der Waals surface area contributed by atoms with Crippen LogP contribution < -0.4 is 0 Å². The zero-order valence-electron chi connectivity index (χ0n) is 12.0. The summed E-state index contributed by atoms with van der Waals surface area (Å²) in [5.74, 6) is 0.109. The molecule has 0 bridgehead atoms.